The molecule has 2 rings (SSSR count). The lowest BCUT2D eigenvalue weighted by molar-refractivity contribution is -0.0211. The van der Waals surface area contributed by atoms with Crippen LogP contribution in [-0.2, 0) is 0 Å². The molecule has 1 N–H and O–H groups in total. The van der Waals surface area contributed by atoms with Gasteiger partial charge < -0.3 is 5.11 Å². The predicted molar refractivity (Wildman–Crippen MR) is 86.7 cm³/mol. The topological polar surface area (TPSA) is 44.0 Å². The summed E-state index contributed by atoms with van der Waals surface area (Å²) < 4.78 is 0. The Bertz CT molecular complexity index is 360. The largest absolute Gasteiger partial charge is 0.391 e. The van der Waals surface area contributed by atoms with Gasteiger partial charge in [-0.2, -0.15) is 5.26 Å². The Balaban J connectivity index is 2.00. The molecule has 0 aromatic heterocycles. The molecule has 0 aromatic rings. The highest BCUT2D eigenvalue weighted by Crippen LogP contribution is 2.46. The highest BCUT2D eigenvalue weighted by atomic mass is 16.3. The van der Waals surface area contributed by atoms with E-state index < -0.39 is 11.5 Å². The molecule has 0 aliphatic heterocycles. The minimum atomic E-state index is -0.449. The van der Waals surface area contributed by atoms with Gasteiger partial charge in [-0.15, -0.1) is 0 Å². The Kier molecular flexibility index (Phi) is 5.36. The van der Waals surface area contributed by atoms with Gasteiger partial charge in [-0.25, -0.2) is 0 Å². The van der Waals surface area contributed by atoms with E-state index in [9.17, 15) is 10.4 Å². The number of hydrogen-bond acceptors (Lipinski definition) is 2. The monoisotopic (exact) mass is 291 g/mol. The van der Waals surface area contributed by atoms with Crippen LogP contribution in [0.5, 0.6) is 0 Å². The Morgan fingerprint density at radius 2 is 1.52 bits per heavy atom. The lowest BCUT2D eigenvalue weighted by Gasteiger charge is -2.42. The van der Waals surface area contributed by atoms with Gasteiger partial charge in [-0.3, -0.25) is 0 Å². The Hall–Kier alpha value is -0.550. The van der Waals surface area contributed by atoms with Crippen molar-refractivity contribution in [2.45, 2.75) is 91.1 Å². The van der Waals surface area contributed by atoms with Gasteiger partial charge in [0.15, 0.2) is 0 Å². The van der Waals surface area contributed by atoms with Crippen molar-refractivity contribution in [3.8, 4) is 6.07 Å². The molecule has 0 aromatic carbocycles. The summed E-state index contributed by atoms with van der Waals surface area (Å²) in [6.07, 6.45) is 10.7. The fraction of sp³-hybridized carbons (Fsp3) is 0.947. The minimum Gasteiger partial charge on any atom is -0.391 e. The van der Waals surface area contributed by atoms with Crippen molar-refractivity contribution in [3.05, 3.63) is 0 Å². The fourth-order valence-electron chi connectivity index (χ4n) is 4.59. The molecule has 2 fully saturated rings. The SMILES string of the molecule is CC(C)(C)C1CCC(C(O)C2(C#N)CCCCCC2)CC1. The Labute approximate surface area is 130 Å². The molecular weight excluding hydrogens is 258 g/mol. The summed E-state index contributed by atoms with van der Waals surface area (Å²) in [5.41, 5.74) is -0.0686. The van der Waals surface area contributed by atoms with Crippen molar-refractivity contribution < 1.29 is 5.11 Å². The third-order valence-corrected chi connectivity index (χ3v) is 6.23. The lowest BCUT2D eigenvalue weighted by Crippen LogP contribution is -2.41. The molecule has 0 amide bonds. The zero-order valence-electron chi connectivity index (χ0n) is 14.2. The van der Waals surface area contributed by atoms with Crippen molar-refractivity contribution in [3.63, 3.8) is 0 Å². The second-order valence-corrected chi connectivity index (χ2v) is 8.60. The fourth-order valence-corrected chi connectivity index (χ4v) is 4.59. The van der Waals surface area contributed by atoms with Gasteiger partial charge in [0.05, 0.1) is 17.6 Å². The number of aliphatic hydroxyl groups excluding tert-OH is 1. The summed E-state index contributed by atoms with van der Waals surface area (Å²) in [6.45, 7) is 6.99. The van der Waals surface area contributed by atoms with Crippen molar-refractivity contribution in [1.82, 2.24) is 0 Å². The first kappa shape index (κ1) is 16.8. The van der Waals surface area contributed by atoms with E-state index in [0.29, 0.717) is 11.3 Å². The lowest BCUT2D eigenvalue weighted by atomic mass is 9.64. The van der Waals surface area contributed by atoms with Crippen molar-refractivity contribution in [2.75, 3.05) is 0 Å². The van der Waals surface area contributed by atoms with Gasteiger partial charge in [0.25, 0.3) is 0 Å². The minimum absolute atomic E-state index is 0.348. The molecule has 2 aliphatic carbocycles. The second-order valence-electron chi connectivity index (χ2n) is 8.60. The van der Waals surface area contributed by atoms with Crippen LogP contribution in [0.25, 0.3) is 0 Å². The zero-order chi connectivity index (χ0) is 15.5. The number of aliphatic hydroxyl groups is 1. The maximum absolute atomic E-state index is 10.9. The van der Waals surface area contributed by atoms with Crippen LogP contribution in [0, 0.1) is 34.0 Å². The van der Waals surface area contributed by atoms with E-state index >= 15 is 0 Å². The van der Waals surface area contributed by atoms with E-state index in [1.54, 1.807) is 0 Å². The normalized spacial score (nSPS) is 32.0. The molecule has 2 nitrogen and oxygen atoms in total. The van der Waals surface area contributed by atoms with E-state index in [0.717, 1.165) is 44.4 Å². The van der Waals surface area contributed by atoms with Gasteiger partial charge >= 0.3 is 0 Å². The van der Waals surface area contributed by atoms with Gasteiger partial charge in [0.1, 0.15) is 0 Å². The smallest absolute Gasteiger partial charge is 0.0835 e. The van der Waals surface area contributed by atoms with Crippen molar-refractivity contribution in [1.29, 1.82) is 5.26 Å². The van der Waals surface area contributed by atoms with Crippen LogP contribution < -0.4 is 0 Å². The van der Waals surface area contributed by atoms with Crippen LogP contribution >= 0.6 is 0 Å². The average molecular weight is 291 g/mol. The third kappa shape index (κ3) is 3.81. The molecule has 120 valence electrons. The van der Waals surface area contributed by atoms with Crippen LogP contribution in [0.3, 0.4) is 0 Å². The first-order valence-corrected chi connectivity index (χ1v) is 8.98. The molecule has 0 radical (unpaired) electrons. The number of rotatable bonds is 2. The quantitative estimate of drug-likeness (QED) is 0.722. The molecule has 2 heteroatoms. The highest BCUT2D eigenvalue weighted by Gasteiger charge is 2.44. The third-order valence-electron chi connectivity index (χ3n) is 6.23. The van der Waals surface area contributed by atoms with E-state index in [1.165, 1.54) is 25.7 Å². The molecule has 2 saturated carbocycles. The highest BCUT2D eigenvalue weighted by molar-refractivity contribution is 5.06. The first-order chi connectivity index (χ1) is 9.89. The Morgan fingerprint density at radius 1 is 1.00 bits per heavy atom. The van der Waals surface area contributed by atoms with Gasteiger partial charge in [-0.1, -0.05) is 46.5 Å². The molecule has 21 heavy (non-hydrogen) atoms. The number of hydrogen-bond donors (Lipinski definition) is 1. The summed E-state index contributed by atoms with van der Waals surface area (Å²) in [5, 5.41) is 20.7. The predicted octanol–water partition coefficient (Wildman–Crippen LogP) is 5.06. The van der Waals surface area contributed by atoms with Crippen molar-refractivity contribution in [2.24, 2.45) is 22.7 Å². The standard InChI is InChI=1S/C19H33NO/c1-18(2,3)16-10-8-15(9-11-16)17(21)19(14-20)12-6-4-5-7-13-19/h15-17,21H,4-13H2,1-3H3. The number of nitrogens with zero attached hydrogens (tertiary/aromatic N) is 1. The van der Waals surface area contributed by atoms with Crippen molar-refractivity contribution >= 4 is 0 Å². The van der Waals surface area contributed by atoms with Crippen LogP contribution in [0.4, 0.5) is 0 Å². The summed E-state index contributed by atoms with van der Waals surface area (Å²) in [5.74, 6) is 1.12. The van der Waals surface area contributed by atoms with Gasteiger partial charge in [0.2, 0.25) is 0 Å². The van der Waals surface area contributed by atoms with E-state index in [2.05, 4.69) is 26.8 Å². The first-order valence-electron chi connectivity index (χ1n) is 8.98. The summed E-state index contributed by atoms with van der Waals surface area (Å²) >= 11 is 0. The van der Waals surface area contributed by atoms with Crippen LogP contribution in [-0.4, -0.2) is 11.2 Å². The van der Waals surface area contributed by atoms with Gasteiger partial charge in [-0.05, 0) is 55.8 Å². The molecule has 1 unspecified atom stereocenters. The molecule has 0 spiro atoms. The van der Waals surface area contributed by atoms with Crippen LogP contribution in [0.15, 0.2) is 0 Å². The maximum atomic E-state index is 10.9. The zero-order valence-corrected chi connectivity index (χ0v) is 14.2. The number of nitriles is 1. The van der Waals surface area contributed by atoms with E-state index in [4.69, 9.17) is 0 Å². The van der Waals surface area contributed by atoms with Crippen LogP contribution in [0.2, 0.25) is 0 Å². The van der Waals surface area contributed by atoms with E-state index in [1.807, 2.05) is 0 Å². The molecule has 0 saturated heterocycles. The second kappa shape index (κ2) is 6.69. The Morgan fingerprint density at radius 3 is 1.95 bits per heavy atom. The summed E-state index contributed by atoms with van der Waals surface area (Å²) in [4.78, 5) is 0. The molecule has 2 aliphatic rings. The van der Waals surface area contributed by atoms with Crippen LogP contribution in [0.1, 0.15) is 85.0 Å². The summed E-state index contributed by atoms with van der Waals surface area (Å²) in [6, 6.07) is 2.55. The maximum Gasteiger partial charge on any atom is 0.0835 e. The molecule has 0 heterocycles. The van der Waals surface area contributed by atoms with Gasteiger partial charge in [0, 0.05) is 0 Å². The molecule has 0 bridgehead atoms. The molecule has 1 atom stereocenters. The summed E-state index contributed by atoms with van der Waals surface area (Å²) in [7, 11) is 0. The molecular formula is C19H33NO. The average Bonchev–Trinajstić information content (AvgIpc) is 2.72. The van der Waals surface area contributed by atoms with E-state index in [-0.39, 0.29) is 0 Å².